The second-order valence-corrected chi connectivity index (χ2v) is 20.8. The van der Waals surface area contributed by atoms with Crippen LogP contribution in [0.3, 0.4) is 0 Å². The van der Waals surface area contributed by atoms with Crippen LogP contribution < -0.4 is 0 Å². The average Bonchev–Trinajstić information content (AvgIpc) is 3.37. The highest BCUT2D eigenvalue weighted by molar-refractivity contribution is 6.30. The molecule has 2 N–H and O–H groups in total. The molecule has 0 aliphatic heterocycles. The topological polar surface area (TPSA) is 104 Å². The number of hydrogen-bond acceptors (Lipinski definition) is 6. The van der Waals surface area contributed by atoms with Crippen molar-refractivity contribution in [3.05, 3.63) is 46.0 Å². The van der Waals surface area contributed by atoms with Crippen molar-refractivity contribution in [2.24, 2.45) is 56.2 Å². The van der Waals surface area contributed by atoms with Gasteiger partial charge in [-0.1, -0.05) is 77.8 Å². The molecule has 0 saturated heterocycles. The third-order valence-electron chi connectivity index (χ3n) is 16.4. The van der Waals surface area contributed by atoms with E-state index in [-0.39, 0.29) is 51.8 Å². The Morgan fingerprint density at radius 2 is 1.60 bits per heavy atom. The number of fused-ring (bicyclic) bond motifs is 7. The van der Waals surface area contributed by atoms with Crippen LogP contribution in [0, 0.1) is 56.2 Å². The molecule has 0 aromatic heterocycles. The molecule has 7 nitrogen and oxygen atoms in total. The molecule has 53 heavy (non-hydrogen) atoms. The fourth-order valence-corrected chi connectivity index (χ4v) is 13.5. The maximum absolute atomic E-state index is 14.1. The standard InChI is InChI=1S/C45H66ClNO6/c1-27(2)37-31(48)23-45(34(49)26-47(10)25-28-11-13-29(46)14-12-28)22-21-43(8)30(38(37)45)15-16-33-42(7)19-18-35(53-36(50)24-40(3,4)39(51)52)41(5,6)32(42)17-20-44(33,43)9/h11-14,27,30,32-35,49H,15-26H2,1-10H3,(H,51,52)/t30-,32+,33?,34+,35+,42+,43-,44-,45+/m1/s1. The number of hydrogen-bond donors (Lipinski definition) is 2. The summed E-state index contributed by atoms with van der Waals surface area (Å²) in [6.07, 6.45) is 7.21. The number of nitrogens with zero attached hydrogens (tertiary/aromatic N) is 1. The highest BCUT2D eigenvalue weighted by Gasteiger charge is 2.70. The number of carbonyl (C=O) groups excluding carboxylic acids is 2. The summed E-state index contributed by atoms with van der Waals surface area (Å²) in [5.41, 5.74) is 1.60. The number of carboxylic acids is 1. The Labute approximate surface area is 323 Å². The Morgan fingerprint density at radius 3 is 2.23 bits per heavy atom. The van der Waals surface area contributed by atoms with Gasteiger partial charge < -0.3 is 14.9 Å². The van der Waals surface area contributed by atoms with Crippen LogP contribution in [0.15, 0.2) is 35.4 Å². The third kappa shape index (κ3) is 6.45. The highest BCUT2D eigenvalue weighted by Crippen LogP contribution is 2.77. The van der Waals surface area contributed by atoms with Gasteiger partial charge in [0.1, 0.15) is 6.10 Å². The molecule has 4 saturated carbocycles. The van der Waals surface area contributed by atoms with Gasteiger partial charge in [0.15, 0.2) is 5.78 Å². The molecule has 0 heterocycles. The van der Waals surface area contributed by atoms with Gasteiger partial charge in [0, 0.05) is 35.4 Å². The van der Waals surface area contributed by atoms with Crippen molar-refractivity contribution in [1.29, 1.82) is 0 Å². The van der Waals surface area contributed by atoms with E-state index in [0.29, 0.717) is 36.4 Å². The van der Waals surface area contributed by atoms with Crippen molar-refractivity contribution >= 4 is 29.3 Å². The Bertz CT molecular complexity index is 1650. The van der Waals surface area contributed by atoms with Gasteiger partial charge in [0.05, 0.1) is 17.9 Å². The maximum atomic E-state index is 14.1. The summed E-state index contributed by atoms with van der Waals surface area (Å²) in [5, 5.41) is 22.7. The van der Waals surface area contributed by atoms with E-state index in [4.69, 9.17) is 16.3 Å². The summed E-state index contributed by atoms with van der Waals surface area (Å²) in [6, 6.07) is 7.89. The second-order valence-electron chi connectivity index (χ2n) is 20.4. The zero-order chi connectivity index (χ0) is 39.1. The van der Waals surface area contributed by atoms with Gasteiger partial charge in [-0.25, -0.2) is 0 Å². The van der Waals surface area contributed by atoms with E-state index in [1.54, 1.807) is 13.8 Å². The Hall–Kier alpha value is -2.22. The van der Waals surface area contributed by atoms with Gasteiger partial charge in [0.2, 0.25) is 0 Å². The van der Waals surface area contributed by atoms with Crippen LogP contribution in [0.5, 0.6) is 0 Å². The molecule has 0 amide bonds. The van der Waals surface area contributed by atoms with Crippen molar-refractivity contribution < 1.29 is 29.3 Å². The van der Waals surface area contributed by atoms with Crippen LogP contribution in [0.1, 0.15) is 132 Å². The van der Waals surface area contributed by atoms with Crippen LogP contribution in [0.25, 0.3) is 0 Å². The zero-order valence-electron chi connectivity index (χ0n) is 34.1. The lowest BCUT2D eigenvalue weighted by Crippen LogP contribution is -2.66. The molecule has 8 heteroatoms. The lowest BCUT2D eigenvalue weighted by atomic mass is 9.33. The second kappa shape index (κ2) is 13.8. The van der Waals surface area contributed by atoms with E-state index in [1.807, 2.05) is 24.3 Å². The minimum atomic E-state index is -1.17. The highest BCUT2D eigenvalue weighted by atomic mass is 35.5. The first kappa shape index (κ1) is 40.4. The van der Waals surface area contributed by atoms with Crippen LogP contribution in [0.4, 0.5) is 0 Å². The molecule has 0 radical (unpaired) electrons. The van der Waals surface area contributed by atoms with E-state index in [2.05, 4.69) is 60.4 Å². The minimum Gasteiger partial charge on any atom is -0.481 e. The first-order valence-electron chi connectivity index (χ1n) is 20.4. The van der Waals surface area contributed by atoms with Crippen LogP contribution >= 0.6 is 11.6 Å². The largest absolute Gasteiger partial charge is 0.481 e. The SMILES string of the molecule is CC(C)C1=C2[C@H]3CCC4[C@@]5(C)CC[C@H](OC(=O)CC(C)(C)C(=O)O)C(C)(C)[C@@H]5CC[C@@]4(C)[C@]3(C)CC[C@@]2([C@@H](O)CN(C)Cc2ccc(Cl)cc2)CC1=O. The molecule has 4 fully saturated rings. The van der Waals surface area contributed by atoms with Gasteiger partial charge in [-0.05, 0) is 135 Å². The summed E-state index contributed by atoms with van der Waals surface area (Å²) in [5.74, 6) is 0.0429. The van der Waals surface area contributed by atoms with Crippen molar-refractivity contribution in [3.63, 3.8) is 0 Å². The van der Waals surface area contributed by atoms with Crippen LogP contribution in [0.2, 0.25) is 5.02 Å². The zero-order valence-corrected chi connectivity index (χ0v) is 34.9. The molecule has 5 aliphatic rings. The summed E-state index contributed by atoms with van der Waals surface area (Å²) in [6.45, 7) is 20.9. The Kier molecular flexibility index (Phi) is 10.5. The van der Waals surface area contributed by atoms with E-state index in [9.17, 15) is 24.6 Å². The number of allylic oxidation sites excluding steroid dienone is 1. The molecule has 1 unspecified atom stereocenters. The third-order valence-corrected chi connectivity index (χ3v) is 16.6. The normalized spacial score (nSPS) is 37.1. The number of aliphatic hydroxyl groups is 1. The lowest BCUT2D eigenvalue weighted by Gasteiger charge is -2.72. The number of ether oxygens (including phenoxy) is 1. The first-order valence-corrected chi connectivity index (χ1v) is 20.7. The average molecular weight is 752 g/mol. The number of benzene rings is 1. The number of rotatable bonds is 10. The van der Waals surface area contributed by atoms with E-state index < -0.39 is 28.9 Å². The van der Waals surface area contributed by atoms with Crippen molar-refractivity contribution in [1.82, 2.24) is 4.90 Å². The number of Topliss-reactive ketones (excluding diaryl/α,β-unsaturated/α-hetero) is 1. The number of halogens is 1. The predicted octanol–water partition coefficient (Wildman–Crippen LogP) is 9.53. The number of esters is 1. The molecule has 1 aromatic carbocycles. The molecular formula is C45H66ClNO6. The van der Waals surface area contributed by atoms with Crippen molar-refractivity contribution in [3.8, 4) is 0 Å². The number of carboxylic acid groups (broad SMARTS) is 1. The summed E-state index contributed by atoms with van der Waals surface area (Å²) >= 11 is 6.15. The molecule has 0 spiro atoms. The van der Waals surface area contributed by atoms with E-state index >= 15 is 0 Å². The maximum Gasteiger partial charge on any atom is 0.309 e. The Morgan fingerprint density at radius 1 is 0.943 bits per heavy atom. The molecule has 5 aliphatic carbocycles. The van der Waals surface area contributed by atoms with Gasteiger partial charge in [-0.3, -0.25) is 19.3 Å². The number of ketones is 1. The van der Waals surface area contributed by atoms with Gasteiger partial charge >= 0.3 is 11.9 Å². The molecular weight excluding hydrogens is 686 g/mol. The summed E-state index contributed by atoms with van der Waals surface area (Å²) < 4.78 is 6.17. The fourth-order valence-electron chi connectivity index (χ4n) is 13.3. The molecule has 6 rings (SSSR count). The molecule has 1 aromatic rings. The fraction of sp³-hybridized carbons (Fsp3) is 0.756. The van der Waals surface area contributed by atoms with E-state index in [1.165, 1.54) is 5.57 Å². The quantitative estimate of drug-likeness (QED) is 0.230. The summed E-state index contributed by atoms with van der Waals surface area (Å²) in [7, 11) is 2.06. The molecule has 294 valence electrons. The first-order chi connectivity index (χ1) is 24.5. The number of aliphatic carboxylic acids is 1. The monoisotopic (exact) mass is 751 g/mol. The lowest BCUT2D eigenvalue weighted by molar-refractivity contribution is -0.235. The van der Waals surface area contributed by atoms with Gasteiger partial charge in [-0.15, -0.1) is 0 Å². The molecule has 0 bridgehead atoms. The number of likely N-dealkylation sites (N-methyl/N-ethyl adjacent to an activating group) is 1. The van der Waals surface area contributed by atoms with Crippen molar-refractivity contribution in [2.45, 2.75) is 145 Å². The number of aliphatic hydroxyl groups excluding tert-OH is 1. The molecule has 9 atom stereocenters. The smallest absolute Gasteiger partial charge is 0.309 e. The van der Waals surface area contributed by atoms with Gasteiger partial charge in [-0.2, -0.15) is 0 Å². The van der Waals surface area contributed by atoms with Gasteiger partial charge in [0.25, 0.3) is 0 Å². The number of carbonyl (C=O) groups is 3. The van der Waals surface area contributed by atoms with Crippen LogP contribution in [-0.4, -0.2) is 58.6 Å². The minimum absolute atomic E-state index is 0.0156. The van der Waals surface area contributed by atoms with Crippen LogP contribution in [-0.2, 0) is 25.7 Å². The summed E-state index contributed by atoms with van der Waals surface area (Å²) in [4.78, 5) is 41.2. The Balaban J connectivity index is 1.27. The van der Waals surface area contributed by atoms with E-state index in [0.717, 1.165) is 62.5 Å². The predicted molar refractivity (Wildman–Crippen MR) is 209 cm³/mol. The van der Waals surface area contributed by atoms with Crippen molar-refractivity contribution in [2.75, 3.05) is 13.6 Å².